The van der Waals surface area contributed by atoms with Crippen LogP contribution in [0.5, 0.6) is 17.2 Å². The van der Waals surface area contributed by atoms with E-state index in [2.05, 4.69) is 10.6 Å². The van der Waals surface area contributed by atoms with Gasteiger partial charge in [-0.1, -0.05) is 0 Å². The first-order valence-corrected chi connectivity index (χ1v) is 8.95. The number of amides is 2. The zero-order valence-electron chi connectivity index (χ0n) is 16.6. The highest BCUT2D eigenvalue weighted by atomic mass is 16.5. The molecule has 8 heteroatoms. The van der Waals surface area contributed by atoms with Crippen LogP contribution >= 0.6 is 0 Å². The lowest BCUT2D eigenvalue weighted by molar-refractivity contribution is -0.123. The minimum Gasteiger partial charge on any atom is -0.497 e. The molecular formula is C21H24N2O6. The van der Waals surface area contributed by atoms with E-state index in [0.29, 0.717) is 28.4 Å². The normalized spacial score (nSPS) is 10.0. The van der Waals surface area contributed by atoms with E-state index in [-0.39, 0.29) is 37.3 Å². The van der Waals surface area contributed by atoms with Crippen molar-refractivity contribution < 1.29 is 28.6 Å². The van der Waals surface area contributed by atoms with Crippen molar-refractivity contribution in [1.29, 1.82) is 0 Å². The summed E-state index contributed by atoms with van der Waals surface area (Å²) in [5, 5.41) is 5.36. The number of methoxy groups -OCH3 is 2. The average molecular weight is 400 g/mol. The van der Waals surface area contributed by atoms with Crippen LogP contribution in [0, 0.1) is 0 Å². The molecule has 0 aromatic heterocycles. The maximum absolute atomic E-state index is 12.0. The van der Waals surface area contributed by atoms with Crippen molar-refractivity contribution in [2.45, 2.75) is 6.92 Å². The van der Waals surface area contributed by atoms with Gasteiger partial charge in [0.25, 0.3) is 11.8 Å². The summed E-state index contributed by atoms with van der Waals surface area (Å²) in [6.45, 7) is 1.76. The van der Waals surface area contributed by atoms with E-state index in [1.807, 2.05) is 0 Å². The molecule has 154 valence electrons. The Kier molecular flexibility index (Phi) is 8.02. The van der Waals surface area contributed by atoms with Crippen LogP contribution in [0.15, 0.2) is 42.5 Å². The van der Waals surface area contributed by atoms with Crippen LogP contribution < -0.4 is 24.8 Å². The Morgan fingerprint density at radius 1 is 0.828 bits per heavy atom. The molecule has 29 heavy (non-hydrogen) atoms. The van der Waals surface area contributed by atoms with Crippen molar-refractivity contribution >= 4 is 17.6 Å². The maximum Gasteiger partial charge on any atom is 0.258 e. The predicted octanol–water partition coefficient (Wildman–Crippen LogP) is 1.83. The molecule has 2 amide bonds. The molecule has 0 aliphatic rings. The van der Waals surface area contributed by atoms with E-state index in [1.54, 1.807) is 49.6 Å². The molecule has 2 aromatic rings. The first-order chi connectivity index (χ1) is 13.9. The molecule has 0 aliphatic heterocycles. The van der Waals surface area contributed by atoms with Gasteiger partial charge < -0.3 is 24.8 Å². The first kappa shape index (κ1) is 21.7. The molecule has 0 aliphatic carbocycles. The minimum absolute atomic E-state index is 0.0933. The van der Waals surface area contributed by atoms with Crippen LogP contribution in [0.3, 0.4) is 0 Å². The van der Waals surface area contributed by atoms with Crippen LogP contribution in [0.4, 0.5) is 0 Å². The number of hydrogen-bond acceptors (Lipinski definition) is 6. The Balaban J connectivity index is 1.73. The summed E-state index contributed by atoms with van der Waals surface area (Å²) in [6.07, 6.45) is 0. The standard InChI is InChI=1S/C21H24N2O6/c1-14(24)16-6-9-18(19(12-16)28-3)29-13-20(25)22-10-11-23-21(26)15-4-7-17(27-2)8-5-15/h4-9,12H,10-11,13H2,1-3H3,(H,22,25)(H,23,26). The zero-order chi connectivity index (χ0) is 21.2. The molecule has 0 spiro atoms. The number of carbonyl (C=O) groups is 3. The van der Waals surface area contributed by atoms with E-state index >= 15 is 0 Å². The van der Waals surface area contributed by atoms with Gasteiger partial charge in [-0.25, -0.2) is 0 Å². The SMILES string of the molecule is COc1ccc(C(=O)NCCNC(=O)COc2ccc(C(C)=O)cc2OC)cc1. The third-order valence-electron chi connectivity index (χ3n) is 4.01. The molecule has 0 heterocycles. The molecule has 0 bridgehead atoms. The molecule has 2 rings (SSSR count). The summed E-state index contributed by atoms with van der Waals surface area (Å²) in [7, 11) is 3.01. The Morgan fingerprint density at radius 2 is 1.48 bits per heavy atom. The average Bonchev–Trinajstić information content (AvgIpc) is 2.74. The topological polar surface area (TPSA) is 103 Å². The Hall–Kier alpha value is -3.55. The van der Waals surface area contributed by atoms with Gasteiger partial charge in [-0.05, 0) is 49.4 Å². The molecule has 0 atom stereocenters. The Bertz CT molecular complexity index is 864. The van der Waals surface area contributed by atoms with Crippen LogP contribution in [-0.4, -0.2) is 51.5 Å². The van der Waals surface area contributed by atoms with Crippen molar-refractivity contribution in [1.82, 2.24) is 10.6 Å². The smallest absolute Gasteiger partial charge is 0.258 e. The molecule has 8 nitrogen and oxygen atoms in total. The summed E-state index contributed by atoms with van der Waals surface area (Å²) >= 11 is 0. The van der Waals surface area contributed by atoms with Crippen molar-refractivity contribution in [3.8, 4) is 17.2 Å². The quantitative estimate of drug-likeness (QED) is 0.466. The van der Waals surface area contributed by atoms with Gasteiger partial charge >= 0.3 is 0 Å². The largest absolute Gasteiger partial charge is 0.497 e. The molecule has 0 unspecified atom stereocenters. The second-order valence-electron chi connectivity index (χ2n) is 6.04. The van der Waals surface area contributed by atoms with Crippen LogP contribution in [-0.2, 0) is 4.79 Å². The number of benzene rings is 2. The highest BCUT2D eigenvalue weighted by molar-refractivity contribution is 5.95. The lowest BCUT2D eigenvalue weighted by Gasteiger charge is -2.12. The number of hydrogen-bond donors (Lipinski definition) is 2. The van der Waals surface area contributed by atoms with Gasteiger partial charge in [0.2, 0.25) is 0 Å². The van der Waals surface area contributed by atoms with Gasteiger partial charge in [0.15, 0.2) is 23.9 Å². The third-order valence-corrected chi connectivity index (χ3v) is 4.01. The van der Waals surface area contributed by atoms with Gasteiger partial charge in [-0.15, -0.1) is 0 Å². The van der Waals surface area contributed by atoms with Gasteiger partial charge in [0.1, 0.15) is 5.75 Å². The molecule has 0 saturated carbocycles. The Morgan fingerprint density at radius 3 is 2.10 bits per heavy atom. The fraction of sp³-hybridized carbons (Fsp3) is 0.286. The highest BCUT2D eigenvalue weighted by Crippen LogP contribution is 2.28. The van der Waals surface area contributed by atoms with Gasteiger partial charge in [-0.3, -0.25) is 14.4 Å². The molecule has 2 N–H and O–H groups in total. The zero-order valence-corrected chi connectivity index (χ0v) is 16.6. The predicted molar refractivity (Wildman–Crippen MR) is 107 cm³/mol. The summed E-state index contributed by atoms with van der Waals surface area (Å²) in [5.41, 5.74) is 0.993. The minimum atomic E-state index is -0.346. The molecule has 2 aromatic carbocycles. The van der Waals surface area contributed by atoms with E-state index in [1.165, 1.54) is 14.0 Å². The third kappa shape index (κ3) is 6.53. The van der Waals surface area contributed by atoms with E-state index in [9.17, 15) is 14.4 Å². The maximum atomic E-state index is 12.0. The lowest BCUT2D eigenvalue weighted by atomic mass is 10.1. The second kappa shape index (κ2) is 10.7. The van der Waals surface area contributed by atoms with Crippen molar-refractivity contribution in [3.63, 3.8) is 0 Å². The number of ketones is 1. The summed E-state index contributed by atoms with van der Waals surface area (Å²) in [4.78, 5) is 35.3. The van der Waals surface area contributed by atoms with Crippen LogP contribution in [0.2, 0.25) is 0 Å². The van der Waals surface area contributed by atoms with E-state index in [0.717, 1.165) is 0 Å². The second-order valence-corrected chi connectivity index (χ2v) is 6.04. The summed E-state index contributed by atoms with van der Waals surface area (Å²) in [5.74, 6) is 0.721. The summed E-state index contributed by atoms with van der Waals surface area (Å²) in [6, 6.07) is 11.5. The van der Waals surface area contributed by atoms with E-state index < -0.39 is 0 Å². The molecular weight excluding hydrogens is 376 g/mol. The van der Waals surface area contributed by atoms with E-state index in [4.69, 9.17) is 14.2 Å². The number of carbonyl (C=O) groups excluding carboxylic acids is 3. The van der Waals surface area contributed by atoms with Gasteiger partial charge in [0.05, 0.1) is 14.2 Å². The van der Waals surface area contributed by atoms with Crippen molar-refractivity contribution in [2.24, 2.45) is 0 Å². The van der Waals surface area contributed by atoms with Gasteiger partial charge in [0, 0.05) is 24.2 Å². The lowest BCUT2D eigenvalue weighted by Crippen LogP contribution is -2.36. The fourth-order valence-electron chi connectivity index (χ4n) is 2.42. The van der Waals surface area contributed by atoms with Gasteiger partial charge in [-0.2, -0.15) is 0 Å². The summed E-state index contributed by atoms with van der Waals surface area (Å²) < 4.78 is 15.7. The highest BCUT2D eigenvalue weighted by Gasteiger charge is 2.10. The number of nitrogens with one attached hydrogen (secondary N) is 2. The molecule has 0 radical (unpaired) electrons. The van der Waals surface area contributed by atoms with Crippen molar-refractivity contribution in [3.05, 3.63) is 53.6 Å². The number of rotatable bonds is 10. The van der Waals surface area contributed by atoms with Crippen LogP contribution in [0.25, 0.3) is 0 Å². The Labute approximate surface area is 169 Å². The molecule has 0 saturated heterocycles. The molecule has 0 fully saturated rings. The number of ether oxygens (including phenoxy) is 3. The van der Waals surface area contributed by atoms with Crippen molar-refractivity contribution in [2.75, 3.05) is 33.9 Å². The number of Topliss-reactive ketones (excluding diaryl/α,β-unsaturated/α-hetero) is 1. The fourth-order valence-corrected chi connectivity index (χ4v) is 2.42. The van der Waals surface area contributed by atoms with Crippen LogP contribution in [0.1, 0.15) is 27.6 Å². The first-order valence-electron chi connectivity index (χ1n) is 8.95. The monoisotopic (exact) mass is 400 g/mol.